The third-order valence-corrected chi connectivity index (χ3v) is 3.37. The molecule has 1 atom stereocenters. The van der Waals surface area contributed by atoms with Gasteiger partial charge in [-0.1, -0.05) is 44.2 Å². The molecule has 3 heteroatoms. The lowest BCUT2D eigenvalue weighted by Gasteiger charge is -2.31. The van der Waals surface area contributed by atoms with Crippen LogP contribution >= 0.6 is 0 Å². The fourth-order valence-electron chi connectivity index (χ4n) is 2.25. The van der Waals surface area contributed by atoms with Crippen LogP contribution < -0.4 is 5.73 Å². The molecule has 0 fully saturated rings. The molecule has 0 spiro atoms. The van der Waals surface area contributed by atoms with E-state index in [0.29, 0.717) is 12.3 Å². The van der Waals surface area contributed by atoms with Gasteiger partial charge in [0.05, 0.1) is 6.04 Å². The Morgan fingerprint density at radius 1 is 1.15 bits per heavy atom. The summed E-state index contributed by atoms with van der Waals surface area (Å²) in [7, 11) is 0. The van der Waals surface area contributed by atoms with Gasteiger partial charge in [0.25, 0.3) is 0 Å². The number of nitrogens with two attached hydrogens (primary N) is 1. The van der Waals surface area contributed by atoms with Crippen LogP contribution in [0.25, 0.3) is 0 Å². The minimum absolute atomic E-state index is 0.0737. The number of carbonyl (C=O) groups excluding carboxylic acids is 1. The molecular formula is C17H28N2O. The summed E-state index contributed by atoms with van der Waals surface area (Å²) in [6.07, 6.45) is 1.55. The number of hydrogen-bond donors (Lipinski definition) is 1. The van der Waals surface area contributed by atoms with Crippen LogP contribution in [0.2, 0.25) is 0 Å². The standard InChI is InChI=1S/C17H28N2O/c1-13(2)12-19(14(3)4)17(20)16(18)11-10-15-8-6-5-7-9-15/h5-9,13-14,16H,10-12,18H2,1-4H3/t16-/m0/s1. The molecule has 0 bridgehead atoms. The quantitative estimate of drug-likeness (QED) is 0.832. The summed E-state index contributed by atoms with van der Waals surface area (Å²) in [5.41, 5.74) is 7.32. The SMILES string of the molecule is CC(C)CN(C(=O)[C@@H](N)CCc1ccccc1)C(C)C. The van der Waals surface area contributed by atoms with Crippen molar-refractivity contribution >= 4 is 5.91 Å². The lowest BCUT2D eigenvalue weighted by atomic mass is 10.0. The molecule has 0 aliphatic carbocycles. The highest BCUT2D eigenvalue weighted by atomic mass is 16.2. The second-order valence-corrected chi connectivity index (χ2v) is 6.11. The van der Waals surface area contributed by atoms with E-state index in [9.17, 15) is 4.79 Å². The van der Waals surface area contributed by atoms with Crippen LogP contribution in [0.1, 0.15) is 39.7 Å². The Labute approximate surface area is 123 Å². The van der Waals surface area contributed by atoms with Crippen LogP contribution in [-0.4, -0.2) is 29.4 Å². The second kappa shape index (κ2) is 8.05. The van der Waals surface area contributed by atoms with Gasteiger partial charge in [0.1, 0.15) is 0 Å². The van der Waals surface area contributed by atoms with Gasteiger partial charge in [-0.15, -0.1) is 0 Å². The third kappa shape index (κ3) is 5.33. The fourth-order valence-corrected chi connectivity index (χ4v) is 2.25. The normalized spacial score (nSPS) is 12.8. The van der Waals surface area contributed by atoms with Crippen LogP contribution in [0.3, 0.4) is 0 Å². The molecule has 0 saturated carbocycles. The molecule has 1 aromatic rings. The van der Waals surface area contributed by atoms with E-state index >= 15 is 0 Å². The first kappa shape index (κ1) is 16.7. The largest absolute Gasteiger partial charge is 0.339 e. The van der Waals surface area contributed by atoms with Crippen LogP contribution in [0.5, 0.6) is 0 Å². The summed E-state index contributed by atoms with van der Waals surface area (Å²) in [5, 5.41) is 0. The summed E-state index contributed by atoms with van der Waals surface area (Å²) in [6, 6.07) is 9.97. The maximum atomic E-state index is 12.4. The Bertz CT molecular complexity index is 401. The number of benzene rings is 1. The first-order valence-electron chi connectivity index (χ1n) is 7.51. The van der Waals surface area contributed by atoms with Gasteiger partial charge >= 0.3 is 0 Å². The fraction of sp³-hybridized carbons (Fsp3) is 0.588. The molecule has 0 radical (unpaired) electrons. The van der Waals surface area contributed by atoms with E-state index in [4.69, 9.17) is 5.73 Å². The molecule has 0 unspecified atom stereocenters. The highest BCUT2D eigenvalue weighted by Crippen LogP contribution is 2.10. The average Bonchev–Trinajstić information content (AvgIpc) is 2.42. The van der Waals surface area contributed by atoms with Gasteiger partial charge in [0.15, 0.2) is 0 Å². The third-order valence-electron chi connectivity index (χ3n) is 3.37. The van der Waals surface area contributed by atoms with Gasteiger partial charge in [0, 0.05) is 12.6 Å². The Hall–Kier alpha value is -1.35. The summed E-state index contributed by atoms with van der Waals surface area (Å²) in [5.74, 6) is 0.535. The second-order valence-electron chi connectivity index (χ2n) is 6.11. The van der Waals surface area contributed by atoms with E-state index in [1.54, 1.807) is 0 Å². The van der Waals surface area contributed by atoms with Crippen LogP contribution in [0.4, 0.5) is 0 Å². The highest BCUT2D eigenvalue weighted by molar-refractivity contribution is 5.81. The van der Waals surface area contributed by atoms with Crippen molar-refractivity contribution in [2.45, 2.75) is 52.6 Å². The zero-order chi connectivity index (χ0) is 15.1. The summed E-state index contributed by atoms with van der Waals surface area (Å²) >= 11 is 0. The van der Waals surface area contributed by atoms with Crippen LogP contribution in [-0.2, 0) is 11.2 Å². The van der Waals surface area contributed by atoms with Gasteiger partial charge in [-0.05, 0) is 38.2 Å². The van der Waals surface area contributed by atoms with Gasteiger partial charge in [-0.3, -0.25) is 4.79 Å². The minimum Gasteiger partial charge on any atom is -0.339 e. The van der Waals surface area contributed by atoms with Crippen LogP contribution in [0.15, 0.2) is 30.3 Å². The predicted molar refractivity (Wildman–Crippen MR) is 84.4 cm³/mol. The first-order chi connectivity index (χ1) is 9.41. The lowest BCUT2D eigenvalue weighted by molar-refractivity contribution is -0.135. The Morgan fingerprint density at radius 2 is 1.75 bits per heavy atom. The van der Waals surface area contributed by atoms with Crippen molar-refractivity contribution < 1.29 is 4.79 Å². The van der Waals surface area contributed by atoms with E-state index in [1.165, 1.54) is 5.56 Å². The number of nitrogens with zero attached hydrogens (tertiary/aromatic N) is 1. The molecule has 1 amide bonds. The molecular weight excluding hydrogens is 248 g/mol. The number of amides is 1. The maximum absolute atomic E-state index is 12.4. The monoisotopic (exact) mass is 276 g/mol. The molecule has 1 aromatic carbocycles. The van der Waals surface area contributed by atoms with Gasteiger partial charge in [-0.25, -0.2) is 0 Å². The number of aryl methyl sites for hydroxylation is 1. The minimum atomic E-state index is -0.406. The van der Waals surface area contributed by atoms with Crippen molar-refractivity contribution in [1.82, 2.24) is 4.90 Å². The zero-order valence-electron chi connectivity index (χ0n) is 13.2. The predicted octanol–water partition coefficient (Wildman–Crippen LogP) is 2.84. The average molecular weight is 276 g/mol. The molecule has 0 heterocycles. The lowest BCUT2D eigenvalue weighted by Crippen LogP contribution is -2.48. The molecule has 0 saturated heterocycles. The molecule has 20 heavy (non-hydrogen) atoms. The first-order valence-corrected chi connectivity index (χ1v) is 7.51. The molecule has 1 rings (SSSR count). The van der Waals surface area contributed by atoms with E-state index in [-0.39, 0.29) is 11.9 Å². The summed E-state index contributed by atoms with van der Waals surface area (Å²) in [4.78, 5) is 14.3. The van der Waals surface area contributed by atoms with E-state index < -0.39 is 6.04 Å². The molecule has 112 valence electrons. The zero-order valence-corrected chi connectivity index (χ0v) is 13.2. The molecule has 0 aliphatic rings. The molecule has 0 aliphatic heterocycles. The van der Waals surface area contributed by atoms with Crippen LogP contribution in [0, 0.1) is 5.92 Å². The number of hydrogen-bond acceptors (Lipinski definition) is 2. The molecule has 3 nitrogen and oxygen atoms in total. The topological polar surface area (TPSA) is 46.3 Å². The number of rotatable bonds is 7. The van der Waals surface area contributed by atoms with Crippen molar-refractivity contribution in [2.75, 3.05) is 6.54 Å². The molecule has 0 aromatic heterocycles. The summed E-state index contributed by atoms with van der Waals surface area (Å²) < 4.78 is 0. The van der Waals surface area contributed by atoms with E-state index in [2.05, 4.69) is 26.0 Å². The molecule has 2 N–H and O–H groups in total. The van der Waals surface area contributed by atoms with E-state index in [1.807, 2.05) is 36.9 Å². The van der Waals surface area contributed by atoms with Gasteiger partial charge in [0.2, 0.25) is 5.91 Å². The summed E-state index contributed by atoms with van der Waals surface area (Å²) in [6.45, 7) is 9.11. The van der Waals surface area contributed by atoms with Crippen molar-refractivity contribution in [3.8, 4) is 0 Å². The Kier molecular flexibility index (Phi) is 6.73. The van der Waals surface area contributed by atoms with Gasteiger partial charge in [-0.2, -0.15) is 0 Å². The van der Waals surface area contributed by atoms with Crippen molar-refractivity contribution in [3.05, 3.63) is 35.9 Å². The van der Waals surface area contributed by atoms with Crippen molar-refractivity contribution in [3.63, 3.8) is 0 Å². The maximum Gasteiger partial charge on any atom is 0.239 e. The van der Waals surface area contributed by atoms with Crippen molar-refractivity contribution in [2.24, 2.45) is 11.7 Å². The van der Waals surface area contributed by atoms with Gasteiger partial charge < -0.3 is 10.6 Å². The Balaban J connectivity index is 2.56. The number of carbonyl (C=O) groups is 1. The smallest absolute Gasteiger partial charge is 0.239 e. The van der Waals surface area contributed by atoms with E-state index in [0.717, 1.165) is 13.0 Å². The highest BCUT2D eigenvalue weighted by Gasteiger charge is 2.23. The Morgan fingerprint density at radius 3 is 2.25 bits per heavy atom. The van der Waals surface area contributed by atoms with Crippen molar-refractivity contribution in [1.29, 1.82) is 0 Å².